The first-order valence-corrected chi connectivity index (χ1v) is 8.83. The Kier molecular flexibility index (Phi) is 11.5. The summed E-state index contributed by atoms with van der Waals surface area (Å²) in [6, 6.07) is 5.60. The quantitative estimate of drug-likeness (QED) is 0.703. The number of nitrogens with one attached hydrogen (secondary N) is 1. The minimum absolute atomic E-state index is 0.00858. The van der Waals surface area contributed by atoms with Gasteiger partial charge in [-0.25, -0.2) is 0 Å². The van der Waals surface area contributed by atoms with Gasteiger partial charge in [-0.15, -0.1) is 0 Å². The van der Waals surface area contributed by atoms with Crippen molar-refractivity contribution >= 4 is 27.3 Å². The predicted octanol–water partition coefficient (Wildman–Crippen LogP) is 3.12. The highest BCUT2D eigenvalue weighted by atomic mass is 33.1. The van der Waals surface area contributed by atoms with Crippen molar-refractivity contribution in [2.24, 2.45) is 0 Å². The Hall–Kier alpha value is -0.360. The van der Waals surface area contributed by atoms with E-state index in [-0.39, 0.29) is 13.2 Å². The second-order valence-corrected chi connectivity index (χ2v) is 6.28. The van der Waals surface area contributed by atoms with Gasteiger partial charge < -0.3 is 15.5 Å². The molecule has 0 aromatic heterocycles. The van der Waals surface area contributed by atoms with E-state index in [9.17, 15) is 0 Å². The van der Waals surface area contributed by atoms with Crippen LogP contribution in [0.5, 0.6) is 0 Å². The van der Waals surface area contributed by atoms with Crippen LogP contribution >= 0.6 is 21.6 Å². The summed E-state index contributed by atoms with van der Waals surface area (Å²) < 4.78 is 0. The molecule has 18 heavy (non-hydrogen) atoms. The van der Waals surface area contributed by atoms with Gasteiger partial charge >= 0.3 is 0 Å². The van der Waals surface area contributed by atoms with Crippen LogP contribution in [0, 0.1) is 0 Å². The lowest BCUT2D eigenvalue weighted by Crippen LogP contribution is -2.01. The van der Waals surface area contributed by atoms with Crippen molar-refractivity contribution in [1.29, 1.82) is 0 Å². The Morgan fingerprint density at radius 3 is 1.83 bits per heavy atom. The van der Waals surface area contributed by atoms with Crippen LogP contribution < -0.4 is 5.32 Å². The second kappa shape index (κ2) is 11.7. The van der Waals surface area contributed by atoms with Crippen molar-refractivity contribution in [2.75, 3.05) is 24.4 Å². The number of aliphatic hydroxyl groups is 2. The molecular weight excluding hydrogens is 266 g/mol. The zero-order valence-corrected chi connectivity index (χ0v) is 12.9. The maximum absolute atomic E-state index is 9.00. The first kappa shape index (κ1) is 17.6. The van der Waals surface area contributed by atoms with E-state index in [1.54, 1.807) is 27.7 Å². The van der Waals surface area contributed by atoms with Crippen molar-refractivity contribution in [1.82, 2.24) is 0 Å². The third-order valence-corrected chi connectivity index (χ3v) is 3.50. The summed E-state index contributed by atoms with van der Waals surface area (Å²) in [5.41, 5.74) is 2.62. The molecule has 0 aliphatic rings. The zero-order chi connectivity index (χ0) is 13.8. The number of rotatable bonds is 6. The standard InChI is InChI=1S/C11H17NO2.C2H6S2/c1-2-3-12-11-5-9(7-13)4-10(6-11)8-14;1-3-4-2/h4-6,12-14H,2-3,7-8H2,1H3;1-2H3. The van der Waals surface area contributed by atoms with Gasteiger partial charge in [0.1, 0.15) is 0 Å². The highest BCUT2D eigenvalue weighted by molar-refractivity contribution is 8.76. The Morgan fingerprint density at radius 2 is 1.50 bits per heavy atom. The highest BCUT2D eigenvalue weighted by Gasteiger charge is 1.99. The number of aliphatic hydroxyl groups excluding tert-OH is 2. The van der Waals surface area contributed by atoms with Gasteiger partial charge in [-0.2, -0.15) is 0 Å². The average Bonchev–Trinajstić information content (AvgIpc) is 2.44. The second-order valence-electron chi connectivity index (χ2n) is 3.61. The lowest BCUT2D eigenvalue weighted by molar-refractivity contribution is 0.275. The summed E-state index contributed by atoms with van der Waals surface area (Å²) in [7, 11) is 3.55. The Balaban J connectivity index is 0.000000631. The smallest absolute Gasteiger partial charge is 0.0682 e. The molecule has 0 spiro atoms. The Bertz CT molecular complexity index is 298. The summed E-state index contributed by atoms with van der Waals surface area (Å²) in [5.74, 6) is 0. The van der Waals surface area contributed by atoms with Gasteiger partial charge in [0.05, 0.1) is 13.2 Å². The van der Waals surface area contributed by atoms with E-state index < -0.39 is 0 Å². The molecule has 0 heterocycles. The summed E-state index contributed by atoms with van der Waals surface area (Å²) in [6.07, 6.45) is 5.17. The van der Waals surface area contributed by atoms with Crippen LogP contribution in [0.15, 0.2) is 18.2 Å². The Morgan fingerprint density at radius 1 is 1.00 bits per heavy atom. The van der Waals surface area contributed by atoms with Crippen LogP contribution in [-0.2, 0) is 13.2 Å². The molecule has 104 valence electrons. The molecule has 1 aromatic carbocycles. The largest absolute Gasteiger partial charge is 0.392 e. The van der Waals surface area contributed by atoms with E-state index in [2.05, 4.69) is 24.8 Å². The first-order chi connectivity index (χ1) is 8.71. The third-order valence-electron chi connectivity index (χ3n) is 2.16. The van der Waals surface area contributed by atoms with E-state index in [0.717, 1.165) is 29.8 Å². The summed E-state index contributed by atoms with van der Waals surface area (Å²) in [6.45, 7) is 3.01. The van der Waals surface area contributed by atoms with Gasteiger partial charge in [0.2, 0.25) is 0 Å². The van der Waals surface area contributed by atoms with Crippen molar-refractivity contribution in [3.05, 3.63) is 29.3 Å². The lowest BCUT2D eigenvalue weighted by atomic mass is 10.1. The highest BCUT2D eigenvalue weighted by Crippen LogP contribution is 2.15. The van der Waals surface area contributed by atoms with Crippen LogP contribution in [0.1, 0.15) is 24.5 Å². The molecule has 0 aliphatic carbocycles. The molecular formula is C13H23NO2S2. The lowest BCUT2D eigenvalue weighted by Gasteiger charge is -2.08. The maximum Gasteiger partial charge on any atom is 0.0682 e. The molecule has 0 atom stereocenters. The molecule has 0 bridgehead atoms. The summed E-state index contributed by atoms with van der Waals surface area (Å²) in [4.78, 5) is 0. The van der Waals surface area contributed by atoms with Gasteiger partial charge in [0.15, 0.2) is 0 Å². The van der Waals surface area contributed by atoms with Crippen LogP contribution in [0.2, 0.25) is 0 Å². The SMILES string of the molecule is CCCNc1cc(CO)cc(CO)c1.CSSC. The monoisotopic (exact) mass is 289 g/mol. The number of anilines is 1. The van der Waals surface area contributed by atoms with Gasteiger partial charge in [-0.05, 0) is 42.2 Å². The molecule has 3 N–H and O–H groups in total. The van der Waals surface area contributed by atoms with Crippen LogP contribution in [0.25, 0.3) is 0 Å². The number of benzene rings is 1. The van der Waals surface area contributed by atoms with Gasteiger partial charge in [0, 0.05) is 12.2 Å². The fourth-order valence-corrected chi connectivity index (χ4v) is 1.32. The molecule has 5 heteroatoms. The van der Waals surface area contributed by atoms with E-state index in [0.29, 0.717) is 0 Å². The zero-order valence-electron chi connectivity index (χ0n) is 11.3. The van der Waals surface area contributed by atoms with Gasteiger partial charge in [-0.3, -0.25) is 0 Å². The fourth-order valence-electron chi connectivity index (χ4n) is 1.32. The first-order valence-electron chi connectivity index (χ1n) is 5.87. The molecule has 0 saturated heterocycles. The summed E-state index contributed by atoms with van der Waals surface area (Å²) >= 11 is 0. The topological polar surface area (TPSA) is 52.5 Å². The van der Waals surface area contributed by atoms with Crippen LogP contribution in [0.3, 0.4) is 0 Å². The van der Waals surface area contributed by atoms with Crippen molar-refractivity contribution in [3.8, 4) is 0 Å². The maximum atomic E-state index is 9.00. The van der Waals surface area contributed by atoms with E-state index >= 15 is 0 Å². The van der Waals surface area contributed by atoms with Crippen molar-refractivity contribution in [3.63, 3.8) is 0 Å². The number of hydrogen-bond acceptors (Lipinski definition) is 5. The normalized spacial score (nSPS) is 9.61. The minimum Gasteiger partial charge on any atom is -0.392 e. The van der Waals surface area contributed by atoms with Crippen LogP contribution in [-0.4, -0.2) is 29.3 Å². The minimum atomic E-state index is 0.00858. The van der Waals surface area contributed by atoms with Gasteiger partial charge in [-0.1, -0.05) is 34.6 Å². The molecule has 0 saturated carbocycles. The molecule has 0 aliphatic heterocycles. The molecule has 0 radical (unpaired) electrons. The number of hydrogen-bond donors (Lipinski definition) is 3. The molecule has 1 rings (SSSR count). The van der Waals surface area contributed by atoms with Crippen molar-refractivity contribution < 1.29 is 10.2 Å². The van der Waals surface area contributed by atoms with E-state index in [1.807, 2.05) is 12.1 Å². The average molecular weight is 289 g/mol. The summed E-state index contributed by atoms with van der Waals surface area (Å²) in [5, 5.41) is 21.2. The van der Waals surface area contributed by atoms with E-state index in [1.165, 1.54) is 0 Å². The molecule has 0 unspecified atom stereocenters. The molecule has 1 aromatic rings. The molecule has 3 nitrogen and oxygen atoms in total. The van der Waals surface area contributed by atoms with Gasteiger partial charge in [0.25, 0.3) is 0 Å². The molecule has 0 amide bonds. The predicted molar refractivity (Wildman–Crippen MR) is 84.1 cm³/mol. The van der Waals surface area contributed by atoms with Crippen LogP contribution in [0.4, 0.5) is 5.69 Å². The fraction of sp³-hybridized carbons (Fsp3) is 0.538. The molecule has 0 fully saturated rings. The van der Waals surface area contributed by atoms with E-state index in [4.69, 9.17) is 10.2 Å². The Labute approximate surface area is 118 Å². The van der Waals surface area contributed by atoms with Crippen molar-refractivity contribution in [2.45, 2.75) is 26.6 Å². The third kappa shape index (κ3) is 7.87.